The fourth-order valence-corrected chi connectivity index (χ4v) is 3.15. The summed E-state index contributed by atoms with van der Waals surface area (Å²) in [4.78, 5) is 16.6. The number of carbonyl (C=O) groups excluding carboxylic acids is 1. The zero-order chi connectivity index (χ0) is 12.5. The van der Waals surface area contributed by atoms with Gasteiger partial charge in [0.2, 0.25) is 0 Å². The van der Waals surface area contributed by atoms with E-state index >= 15 is 0 Å². The summed E-state index contributed by atoms with van der Waals surface area (Å²) in [5.41, 5.74) is 0.301. The van der Waals surface area contributed by atoms with Gasteiger partial charge in [-0.1, -0.05) is 20.8 Å². The molecule has 2 amide bonds. The first-order chi connectivity index (χ1) is 7.98. The molecule has 0 bridgehead atoms. The summed E-state index contributed by atoms with van der Waals surface area (Å²) in [5.74, 6) is 0.672. The van der Waals surface area contributed by atoms with E-state index in [1.807, 2.05) is 0 Å². The highest BCUT2D eigenvalue weighted by Crippen LogP contribution is 2.29. The summed E-state index contributed by atoms with van der Waals surface area (Å²) in [6.45, 7) is 10.6. The molecule has 2 aliphatic heterocycles. The molecule has 3 nitrogen and oxygen atoms in total. The molecule has 17 heavy (non-hydrogen) atoms. The molecule has 98 valence electrons. The Kier molecular flexibility index (Phi) is 3.64. The van der Waals surface area contributed by atoms with Crippen LogP contribution in [0.2, 0.25) is 0 Å². The number of rotatable bonds is 0. The monoisotopic (exact) mass is 238 g/mol. The Morgan fingerprint density at radius 3 is 2.53 bits per heavy atom. The van der Waals surface area contributed by atoms with Gasteiger partial charge >= 0.3 is 6.03 Å². The van der Waals surface area contributed by atoms with E-state index in [1.165, 1.54) is 19.3 Å². The molecule has 1 atom stereocenters. The van der Waals surface area contributed by atoms with Crippen LogP contribution in [-0.4, -0.2) is 42.0 Å². The fraction of sp³-hybridized carbons (Fsp3) is 0.929. The lowest BCUT2D eigenvalue weighted by Crippen LogP contribution is -2.51. The largest absolute Gasteiger partial charge is 0.324 e. The van der Waals surface area contributed by atoms with Gasteiger partial charge in [0, 0.05) is 26.2 Å². The van der Waals surface area contributed by atoms with Gasteiger partial charge < -0.3 is 9.80 Å². The second-order valence-electron chi connectivity index (χ2n) is 6.67. The first kappa shape index (κ1) is 12.7. The van der Waals surface area contributed by atoms with E-state index < -0.39 is 0 Å². The molecule has 0 spiro atoms. The maximum Gasteiger partial charge on any atom is 0.320 e. The number of urea groups is 1. The van der Waals surface area contributed by atoms with Crippen molar-refractivity contribution in [3.05, 3.63) is 0 Å². The van der Waals surface area contributed by atoms with Gasteiger partial charge in [0.05, 0.1) is 0 Å². The molecule has 1 unspecified atom stereocenters. The zero-order valence-corrected chi connectivity index (χ0v) is 11.5. The minimum atomic E-state index is 0.282. The molecule has 2 aliphatic rings. The molecule has 2 saturated heterocycles. The van der Waals surface area contributed by atoms with Crippen LogP contribution in [0, 0.1) is 11.3 Å². The van der Waals surface area contributed by atoms with Crippen molar-refractivity contribution in [2.75, 3.05) is 26.2 Å². The lowest BCUT2D eigenvalue weighted by Gasteiger charge is -2.42. The Bertz CT molecular complexity index is 288. The summed E-state index contributed by atoms with van der Waals surface area (Å²) in [7, 11) is 0. The highest BCUT2D eigenvalue weighted by molar-refractivity contribution is 5.74. The third-order valence-corrected chi connectivity index (χ3v) is 4.10. The molecule has 2 fully saturated rings. The zero-order valence-electron chi connectivity index (χ0n) is 11.5. The van der Waals surface area contributed by atoms with Crippen LogP contribution < -0.4 is 0 Å². The molecule has 3 heteroatoms. The molecule has 0 aromatic rings. The van der Waals surface area contributed by atoms with Crippen LogP contribution in [0.5, 0.6) is 0 Å². The molecule has 0 aromatic heterocycles. The SMILES string of the molecule is CC1CCCN(C(=O)N2CCCC(C)(C)C2)C1. The molecular formula is C14H26N2O. The Morgan fingerprint density at radius 2 is 1.88 bits per heavy atom. The number of hydrogen-bond acceptors (Lipinski definition) is 1. The number of carbonyl (C=O) groups is 1. The standard InChI is InChI=1S/C14H26N2O/c1-12-6-4-8-15(10-12)13(17)16-9-5-7-14(2,3)11-16/h12H,4-11H2,1-3H3. The summed E-state index contributed by atoms with van der Waals surface area (Å²) in [5, 5.41) is 0. The molecule has 0 aliphatic carbocycles. The quantitative estimate of drug-likeness (QED) is 0.636. The number of hydrogen-bond donors (Lipinski definition) is 0. The fourth-order valence-electron chi connectivity index (χ4n) is 3.15. The Hall–Kier alpha value is -0.730. The average Bonchev–Trinajstić information content (AvgIpc) is 2.26. The van der Waals surface area contributed by atoms with Crippen molar-refractivity contribution in [3.63, 3.8) is 0 Å². The van der Waals surface area contributed by atoms with Crippen molar-refractivity contribution in [2.45, 2.75) is 46.5 Å². The van der Waals surface area contributed by atoms with Gasteiger partial charge in [-0.15, -0.1) is 0 Å². The highest BCUT2D eigenvalue weighted by atomic mass is 16.2. The predicted molar refractivity (Wildman–Crippen MR) is 70.0 cm³/mol. The van der Waals surface area contributed by atoms with Crippen LogP contribution in [0.1, 0.15) is 46.5 Å². The van der Waals surface area contributed by atoms with E-state index in [-0.39, 0.29) is 6.03 Å². The maximum absolute atomic E-state index is 12.4. The van der Waals surface area contributed by atoms with Gasteiger partial charge in [0.1, 0.15) is 0 Å². The summed E-state index contributed by atoms with van der Waals surface area (Å²) in [6, 6.07) is 0.282. The average molecular weight is 238 g/mol. The third-order valence-electron chi connectivity index (χ3n) is 4.10. The second-order valence-corrected chi connectivity index (χ2v) is 6.67. The normalized spacial score (nSPS) is 29.2. The number of likely N-dealkylation sites (tertiary alicyclic amines) is 2. The van der Waals surface area contributed by atoms with E-state index in [1.54, 1.807) is 0 Å². The summed E-state index contributed by atoms with van der Waals surface area (Å²) >= 11 is 0. The summed E-state index contributed by atoms with van der Waals surface area (Å²) < 4.78 is 0. The van der Waals surface area contributed by atoms with Crippen LogP contribution in [0.25, 0.3) is 0 Å². The Balaban J connectivity index is 1.94. The number of nitrogens with zero attached hydrogens (tertiary/aromatic N) is 2. The van der Waals surface area contributed by atoms with Crippen molar-refractivity contribution in [3.8, 4) is 0 Å². The van der Waals surface area contributed by atoms with Crippen LogP contribution >= 0.6 is 0 Å². The second kappa shape index (κ2) is 4.87. The van der Waals surface area contributed by atoms with E-state index in [4.69, 9.17) is 0 Å². The molecule has 2 heterocycles. The first-order valence-corrected chi connectivity index (χ1v) is 7.02. The summed E-state index contributed by atoms with van der Waals surface area (Å²) in [6.07, 6.45) is 4.84. The van der Waals surface area contributed by atoms with Crippen molar-refractivity contribution < 1.29 is 4.79 Å². The van der Waals surface area contributed by atoms with Gasteiger partial charge in [0.25, 0.3) is 0 Å². The van der Waals surface area contributed by atoms with Gasteiger partial charge in [-0.2, -0.15) is 0 Å². The van der Waals surface area contributed by atoms with Crippen molar-refractivity contribution in [1.29, 1.82) is 0 Å². The Labute approximate surface area is 105 Å². The molecule has 0 aromatic carbocycles. The van der Waals surface area contributed by atoms with Crippen molar-refractivity contribution >= 4 is 6.03 Å². The van der Waals surface area contributed by atoms with Crippen molar-refractivity contribution in [2.24, 2.45) is 11.3 Å². The highest BCUT2D eigenvalue weighted by Gasteiger charge is 2.32. The van der Waals surface area contributed by atoms with Crippen molar-refractivity contribution in [1.82, 2.24) is 9.80 Å². The van der Waals surface area contributed by atoms with Gasteiger partial charge in [-0.25, -0.2) is 4.79 Å². The van der Waals surface area contributed by atoms with E-state index in [0.717, 1.165) is 32.6 Å². The smallest absolute Gasteiger partial charge is 0.320 e. The maximum atomic E-state index is 12.4. The van der Waals surface area contributed by atoms with Gasteiger partial charge in [-0.3, -0.25) is 0 Å². The number of amides is 2. The molecule has 0 saturated carbocycles. The predicted octanol–water partition coefficient (Wildman–Crippen LogP) is 2.96. The van der Waals surface area contributed by atoms with Crippen LogP contribution in [0.4, 0.5) is 4.79 Å². The van der Waals surface area contributed by atoms with Crippen LogP contribution in [-0.2, 0) is 0 Å². The minimum absolute atomic E-state index is 0.282. The minimum Gasteiger partial charge on any atom is -0.324 e. The van der Waals surface area contributed by atoms with E-state index in [0.29, 0.717) is 11.3 Å². The first-order valence-electron chi connectivity index (χ1n) is 7.02. The van der Waals surface area contributed by atoms with Gasteiger partial charge in [-0.05, 0) is 37.0 Å². The molecular weight excluding hydrogens is 212 g/mol. The lowest BCUT2D eigenvalue weighted by atomic mass is 9.84. The molecule has 2 rings (SSSR count). The topological polar surface area (TPSA) is 23.6 Å². The third kappa shape index (κ3) is 3.14. The number of piperidine rings is 2. The lowest BCUT2D eigenvalue weighted by molar-refractivity contribution is 0.0908. The molecule has 0 N–H and O–H groups in total. The van der Waals surface area contributed by atoms with E-state index in [2.05, 4.69) is 30.6 Å². The van der Waals surface area contributed by atoms with Crippen LogP contribution in [0.15, 0.2) is 0 Å². The van der Waals surface area contributed by atoms with Crippen LogP contribution in [0.3, 0.4) is 0 Å². The van der Waals surface area contributed by atoms with E-state index in [9.17, 15) is 4.79 Å². The Morgan fingerprint density at radius 1 is 1.18 bits per heavy atom. The molecule has 0 radical (unpaired) electrons. The van der Waals surface area contributed by atoms with Gasteiger partial charge in [0.15, 0.2) is 0 Å².